The molecule has 1 aromatic rings. The predicted octanol–water partition coefficient (Wildman–Crippen LogP) is 1.24. The molecule has 0 spiro atoms. The molecule has 0 aliphatic carbocycles. The maximum Gasteiger partial charge on any atom is 0.150 e. The van der Waals surface area contributed by atoms with Crippen LogP contribution in [0.3, 0.4) is 0 Å². The second-order valence-electron chi connectivity index (χ2n) is 3.59. The minimum atomic E-state index is -2.95. The first kappa shape index (κ1) is 11.0. The van der Waals surface area contributed by atoms with Gasteiger partial charge in [0.05, 0.1) is 5.25 Å². The second-order valence-corrected chi connectivity index (χ2v) is 6.05. The van der Waals surface area contributed by atoms with Crippen molar-refractivity contribution in [1.82, 2.24) is 0 Å². The lowest BCUT2D eigenvalue weighted by Gasteiger charge is -2.09. The van der Waals surface area contributed by atoms with Crippen molar-refractivity contribution in [3.05, 3.63) is 29.8 Å². The van der Waals surface area contributed by atoms with Gasteiger partial charge in [-0.15, -0.1) is 0 Å². The number of benzene rings is 1. The zero-order valence-electron chi connectivity index (χ0n) is 8.40. The monoisotopic (exact) mass is 213 g/mol. The van der Waals surface area contributed by atoms with Gasteiger partial charge in [-0.05, 0) is 31.0 Å². The molecule has 1 unspecified atom stereocenters. The first-order valence-electron chi connectivity index (χ1n) is 4.43. The Hall–Kier alpha value is -1.03. The average molecular weight is 213 g/mol. The summed E-state index contributed by atoms with van der Waals surface area (Å²) in [5.41, 5.74) is 7.22. The topological polar surface area (TPSA) is 60.2 Å². The van der Waals surface area contributed by atoms with E-state index in [1.807, 2.05) is 18.2 Å². The summed E-state index contributed by atoms with van der Waals surface area (Å²) in [6.45, 7) is 1.71. The molecule has 0 radical (unpaired) electrons. The van der Waals surface area contributed by atoms with Crippen molar-refractivity contribution in [2.75, 3.05) is 12.0 Å². The lowest BCUT2D eigenvalue weighted by atomic mass is 10.1. The highest BCUT2D eigenvalue weighted by atomic mass is 32.2. The number of hydrogen-bond donors (Lipinski definition) is 1. The SMILES string of the molecule is CC(Cc1cccc(N)c1)S(C)(=O)=O. The lowest BCUT2D eigenvalue weighted by molar-refractivity contribution is 0.588. The highest BCUT2D eigenvalue weighted by molar-refractivity contribution is 7.91. The summed E-state index contributed by atoms with van der Waals surface area (Å²) < 4.78 is 22.4. The van der Waals surface area contributed by atoms with Crippen molar-refractivity contribution in [3.8, 4) is 0 Å². The Morgan fingerprint density at radius 3 is 2.57 bits per heavy atom. The van der Waals surface area contributed by atoms with Crippen LogP contribution in [-0.2, 0) is 16.3 Å². The number of nitrogen functional groups attached to an aromatic ring is 1. The molecule has 0 saturated heterocycles. The molecular formula is C10H15NO2S. The number of rotatable bonds is 3. The van der Waals surface area contributed by atoms with E-state index in [4.69, 9.17) is 5.73 Å². The summed E-state index contributed by atoms with van der Waals surface area (Å²) in [6.07, 6.45) is 1.77. The zero-order chi connectivity index (χ0) is 10.8. The smallest absolute Gasteiger partial charge is 0.150 e. The van der Waals surface area contributed by atoms with E-state index in [-0.39, 0.29) is 5.25 Å². The van der Waals surface area contributed by atoms with Gasteiger partial charge >= 0.3 is 0 Å². The molecule has 0 aliphatic heterocycles. The van der Waals surface area contributed by atoms with E-state index in [1.54, 1.807) is 13.0 Å². The largest absolute Gasteiger partial charge is 0.399 e. The molecule has 1 atom stereocenters. The molecule has 3 nitrogen and oxygen atoms in total. The second kappa shape index (κ2) is 4.00. The van der Waals surface area contributed by atoms with Crippen molar-refractivity contribution in [2.24, 2.45) is 0 Å². The van der Waals surface area contributed by atoms with Crippen molar-refractivity contribution in [3.63, 3.8) is 0 Å². The van der Waals surface area contributed by atoms with Gasteiger partial charge in [0, 0.05) is 11.9 Å². The molecule has 14 heavy (non-hydrogen) atoms. The highest BCUT2D eigenvalue weighted by Gasteiger charge is 2.14. The van der Waals surface area contributed by atoms with Crippen LogP contribution >= 0.6 is 0 Å². The molecule has 2 N–H and O–H groups in total. The van der Waals surface area contributed by atoms with Gasteiger partial charge in [0.1, 0.15) is 9.84 Å². The number of nitrogens with two attached hydrogens (primary N) is 1. The minimum absolute atomic E-state index is 0.357. The molecule has 0 amide bonds. The van der Waals surface area contributed by atoms with Crippen LogP contribution < -0.4 is 5.73 Å². The summed E-state index contributed by atoms with van der Waals surface area (Å²) in [7, 11) is -2.95. The van der Waals surface area contributed by atoms with Gasteiger partial charge in [-0.25, -0.2) is 8.42 Å². The van der Waals surface area contributed by atoms with Crippen LogP contribution in [0.25, 0.3) is 0 Å². The standard InChI is InChI=1S/C10H15NO2S/c1-8(14(2,12)13)6-9-4-3-5-10(11)7-9/h3-5,7-8H,6,11H2,1-2H3. The fourth-order valence-electron chi connectivity index (χ4n) is 1.20. The number of sulfone groups is 1. The molecule has 0 aromatic heterocycles. The van der Waals surface area contributed by atoms with Gasteiger partial charge in [-0.2, -0.15) is 0 Å². The van der Waals surface area contributed by atoms with Crippen LogP contribution in [0, 0.1) is 0 Å². The molecule has 4 heteroatoms. The third-order valence-electron chi connectivity index (χ3n) is 2.21. The van der Waals surface area contributed by atoms with Crippen molar-refractivity contribution < 1.29 is 8.42 Å². The molecule has 0 bridgehead atoms. The Morgan fingerprint density at radius 2 is 2.07 bits per heavy atom. The molecule has 1 aromatic carbocycles. The van der Waals surface area contributed by atoms with Crippen LogP contribution in [0.2, 0.25) is 0 Å². The molecule has 0 fully saturated rings. The van der Waals surface area contributed by atoms with Crippen molar-refractivity contribution in [1.29, 1.82) is 0 Å². The van der Waals surface area contributed by atoms with E-state index in [2.05, 4.69) is 0 Å². The zero-order valence-corrected chi connectivity index (χ0v) is 9.21. The minimum Gasteiger partial charge on any atom is -0.399 e. The van der Waals surface area contributed by atoms with Crippen LogP contribution in [0.1, 0.15) is 12.5 Å². The maximum absolute atomic E-state index is 11.2. The Kier molecular flexibility index (Phi) is 3.16. The summed E-state index contributed by atoms with van der Waals surface area (Å²) in [4.78, 5) is 0. The van der Waals surface area contributed by atoms with E-state index in [0.717, 1.165) is 5.56 Å². The summed E-state index contributed by atoms with van der Waals surface area (Å²) in [6, 6.07) is 7.31. The fourth-order valence-corrected chi connectivity index (χ4v) is 1.70. The maximum atomic E-state index is 11.2. The van der Waals surface area contributed by atoms with Crippen LogP contribution in [0.5, 0.6) is 0 Å². The Balaban J connectivity index is 2.80. The van der Waals surface area contributed by atoms with Gasteiger partial charge in [-0.3, -0.25) is 0 Å². The first-order chi connectivity index (χ1) is 6.39. The van der Waals surface area contributed by atoms with Crippen LogP contribution in [0.4, 0.5) is 5.69 Å². The molecule has 0 aliphatic rings. The first-order valence-corrected chi connectivity index (χ1v) is 6.38. The van der Waals surface area contributed by atoms with Crippen LogP contribution in [-0.4, -0.2) is 19.9 Å². The molecule has 0 heterocycles. The van der Waals surface area contributed by atoms with Gasteiger partial charge in [0.25, 0.3) is 0 Å². The van der Waals surface area contributed by atoms with E-state index in [0.29, 0.717) is 12.1 Å². The normalized spacial score (nSPS) is 13.9. The Morgan fingerprint density at radius 1 is 1.43 bits per heavy atom. The van der Waals surface area contributed by atoms with E-state index >= 15 is 0 Å². The van der Waals surface area contributed by atoms with Crippen molar-refractivity contribution in [2.45, 2.75) is 18.6 Å². The molecule has 0 saturated carbocycles. The van der Waals surface area contributed by atoms with Crippen molar-refractivity contribution >= 4 is 15.5 Å². The third kappa shape index (κ3) is 3.03. The van der Waals surface area contributed by atoms with E-state index in [1.165, 1.54) is 6.26 Å². The highest BCUT2D eigenvalue weighted by Crippen LogP contribution is 2.12. The van der Waals surface area contributed by atoms with Gasteiger partial charge in [-0.1, -0.05) is 12.1 Å². The summed E-state index contributed by atoms with van der Waals surface area (Å²) in [5, 5.41) is -0.357. The third-order valence-corrected chi connectivity index (χ3v) is 3.83. The Labute approximate surface area is 84.9 Å². The van der Waals surface area contributed by atoms with Gasteiger partial charge in [0.15, 0.2) is 0 Å². The summed E-state index contributed by atoms with van der Waals surface area (Å²) >= 11 is 0. The lowest BCUT2D eigenvalue weighted by Crippen LogP contribution is -2.18. The molecule has 1 rings (SSSR count). The number of hydrogen-bond acceptors (Lipinski definition) is 3. The van der Waals surface area contributed by atoms with Gasteiger partial charge < -0.3 is 5.73 Å². The van der Waals surface area contributed by atoms with E-state index in [9.17, 15) is 8.42 Å². The van der Waals surface area contributed by atoms with Crippen LogP contribution in [0.15, 0.2) is 24.3 Å². The van der Waals surface area contributed by atoms with Gasteiger partial charge in [0.2, 0.25) is 0 Å². The molecule has 78 valence electrons. The average Bonchev–Trinajstić information content (AvgIpc) is 2.02. The van der Waals surface area contributed by atoms with E-state index < -0.39 is 9.84 Å². The fraction of sp³-hybridized carbons (Fsp3) is 0.400. The Bertz CT molecular complexity index is 412. The summed E-state index contributed by atoms with van der Waals surface area (Å²) in [5.74, 6) is 0. The quantitative estimate of drug-likeness (QED) is 0.769. The predicted molar refractivity (Wildman–Crippen MR) is 58.9 cm³/mol. The molecular weight excluding hydrogens is 198 g/mol. The number of anilines is 1.